The van der Waals surface area contributed by atoms with Crippen molar-refractivity contribution in [1.82, 2.24) is 15.6 Å². The van der Waals surface area contributed by atoms with E-state index in [9.17, 15) is 9.59 Å². The molecule has 7 heteroatoms. The molecule has 0 saturated heterocycles. The summed E-state index contributed by atoms with van der Waals surface area (Å²) in [5, 5.41) is 5.91. The number of carbonyl (C=O) groups excluding carboxylic acids is 2. The van der Waals surface area contributed by atoms with E-state index in [1.165, 1.54) is 0 Å². The lowest BCUT2D eigenvalue weighted by atomic mass is 10.0. The van der Waals surface area contributed by atoms with Crippen LogP contribution < -0.4 is 10.6 Å². The maximum Gasteiger partial charge on any atom is 0.406 e. The standard InChI is InChI=1S/C22H35N3O4/c1-7-18-16(9-8-12-28-20(27)23-6)13-17(14-24-18)15(2)25-22(10-11-22)19(26)29-21(3,4)5/h13-15,25H,7-12H2,1-6H3,(H,23,27). The normalized spacial score (nSPS) is 16.1. The molecule has 1 aromatic rings. The lowest BCUT2D eigenvalue weighted by Crippen LogP contribution is -2.44. The molecule has 1 heterocycles. The number of amides is 1. The van der Waals surface area contributed by atoms with Crippen molar-refractivity contribution < 1.29 is 19.1 Å². The molecule has 1 amide bonds. The Kier molecular flexibility index (Phi) is 7.63. The van der Waals surface area contributed by atoms with Crippen LogP contribution in [-0.2, 0) is 27.1 Å². The molecule has 0 aliphatic heterocycles. The van der Waals surface area contributed by atoms with Crippen LogP contribution in [0.5, 0.6) is 0 Å². The summed E-state index contributed by atoms with van der Waals surface area (Å²) in [5.74, 6) is -0.179. The maximum absolute atomic E-state index is 12.6. The van der Waals surface area contributed by atoms with Crippen LogP contribution in [0.2, 0.25) is 0 Å². The number of aromatic nitrogens is 1. The Balaban J connectivity index is 2.02. The number of aryl methyl sites for hydroxylation is 2. The Morgan fingerprint density at radius 1 is 1.31 bits per heavy atom. The van der Waals surface area contributed by atoms with Gasteiger partial charge in [-0.25, -0.2) is 4.79 Å². The second-order valence-electron chi connectivity index (χ2n) is 8.67. The Morgan fingerprint density at radius 3 is 2.55 bits per heavy atom. The van der Waals surface area contributed by atoms with E-state index in [-0.39, 0.29) is 12.0 Å². The number of esters is 1. The number of alkyl carbamates (subject to hydrolysis) is 1. The van der Waals surface area contributed by atoms with E-state index in [0.717, 1.165) is 48.9 Å². The number of ether oxygens (including phenoxy) is 2. The van der Waals surface area contributed by atoms with Gasteiger partial charge in [-0.1, -0.05) is 13.0 Å². The van der Waals surface area contributed by atoms with Gasteiger partial charge in [0.15, 0.2) is 0 Å². The van der Waals surface area contributed by atoms with Crippen molar-refractivity contribution in [1.29, 1.82) is 0 Å². The van der Waals surface area contributed by atoms with E-state index in [1.807, 2.05) is 33.9 Å². The molecule has 1 saturated carbocycles. The molecule has 0 aromatic carbocycles. The van der Waals surface area contributed by atoms with Gasteiger partial charge in [-0.15, -0.1) is 0 Å². The molecule has 2 N–H and O–H groups in total. The third-order valence-electron chi connectivity index (χ3n) is 4.98. The Bertz CT molecular complexity index is 723. The van der Waals surface area contributed by atoms with Gasteiger partial charge < -0.3 is 14.8 Å². The fourth-order valence-electron chi connectivity index (χ4n) is 3.23. The first-order valence-electron chi connectivity index (χ1n) is 10.4. The molecule has 1 fully saturated rings. The second kappa shape index (κ2) is 9.57. The Morgan fingerprint density at radius 2 is 2.00 bits per heavy atom. The lowest BCUT2D eigenvalue weighted by molar-refractivity contribution is -0.159. The molecule has 1 aliphatic carbocycles. The molecule has 1 aromatic heterocycles. The number of nitrogens with one attached hydrogen (secondary N) is 2. The van der Waals surface area contributed by atoms with Crippen molar-refractivity contribution in [3.63, 3.8) is 0 Å². The van der Waals surface area contributed by atoms with Gasteiger partial charge in [0.2, 0.25) is 0 Å². The van der Waals surface area contributed by atoms with E-state index in [4.69, 9.17) is 9.47 Å². The van der Waals surface area contributed by atoms with Crippen LogP contribution in [0.4, 0.5) is 4.79 Å². The molecule has 1 aliphatic rings. The first-order chi connectivity index (χ1) is 13.6. The van der Waals surface area contributed by atoms with E-state index < -0.39 is 17.2 Å². The van der Waals surface area contributed by atoms with Crippen LogP contribution in [0, 0.1) is 0 Å². The van der Waals surface area contributed by atoms with Crippen LogP contribution in [-0.4, -0.2) is 41.8 Å². The molecule has 0 radical (unpaired) electrons. The zero-order valence-corrected chi connectivity index (χ0v) is 18.6. The van der Waals surface area contributed by atoms with Crippen molar-refractivity contribution in [2.45, 2.75) is 83.9 Å². The predicted molar refractivity (Wildman–Crippen MR) is 112 cm³/mol. The van der Waals surface area contributed by atoms with E-state index in [2.05, 4.69) is 28.6 Å². The number of hydrogen-bond acceptors (Lipinski definition) is 6. The molecule has 7 nitrogen and oxygen atoms in total. The van der Waals surface area contributed by atoms with Crippen LogP contribution in [0.15, 0.2) is 12.3 Å². The number of hydrogen-bond donors (Lipinski definition) is 2. The number of carbonyl (C=O) groups is 2. The summed E-state index contributed by atoms with van der Waals surface area (Å²) in [7, 11) is 1.54. The monoisotopic (exact) mass is 405 g/mol. The van der Waals surface area contributed by atoms with Crippen LogP contribution in [0.25, 0.3) is 0 Å². The van der Waals surface area contributed by atoms with Crippen molar-refractivity contribution >= 4 is 12.1 Å². The van der Waals surface area contributed by atoms with Gasteiger partial charge in [0, 0.05) is 25.0 Å². The molecule has 0 bridgehead atoms. The quantitative estimate of drug-likeness (QED) is 0.483. The summed E-state index contributed by atoms with van der Waals surface area (Å²) in [5.41, 5.74) is 2.17. The second-order valence-corrected chi connectivity index (χ2v) is 8.67. The van der Waals surface area contributed by atoms with E-state index >= 15 is 0 Å². The van der Waals surface area contributed by atoms with Crippen molar-refractivity contribution in [3.05, 3.63) is 29.1 Å². The fourth-order valence-corrected chi connectivity index (χ4v) is 3.23. The largest absolute Gasteiger partial charge is 0.459 e. The summed E-state index contributed by atoms with van der Waals surface area (Å²) in [6.45, 7) is 10.2. The highest BCUT2D eigenvalue weighted by atomic mass is 16.6. The number of rotatable bonds is 9. The molecule has 1 atom stereocenters. The first-order valence-corrected chi connectivity index (χ1v) is 10.4. The SMILES string of the molecule is CCc1ncc(C(C)NC2(C(=O)OC(C)(C)C)CC2)cc1CCCOC(=O)NC. The molecular formula is C22H35N3O4. The smallest absolute Gasteiger partial charge is 0.406 e. The predicted octanol–water partition coefficient (Wildman–Crippen LogP) is 3.46. The van der Waals surface area contributed by atoms with Crippen molar-refractivity contribution in [2.75, 3.05) is 13.7 Å². The minimum Gasteiger partial charge on any atom is -0.459 e. The maximum atomic E-state index is 12.6. The summed E-state index contributed by atoms with van der Waals surface area (Å²) >= 11 is 0. The summed E-state index contributed by atoms with van der Waals surface area (Å²) in [4.78, 5) is 28.4. The molecule has 29 heavy (non-hydrogen) atoms. The van der Waals surface area contributed by atoms with Gasteiger partial charge in [-0.05, 0) is 70.9 Å². The Hall–Kier alpha value is -2.15. The molecule has 2 rings (SSSR count). The van der Waals surface area contributed by atoms with Crippen molar-refractivity contribution in [2.24, 2.45) is 0 Å². The third-order valence-corrected chi connectivity index (χ3v) is 4.98. The number of nitrogens with zero attached hydrogens (tertiary/aromatic N) is 1. The average Bonchev–Trinajstić information content (AvgIpc) is 3.44. The summed E-state index contributed by atoms with van der Waals surface area (Å²) < 4.78 is 10.7. The van der Waals surface area contributed by atoms with Gasteiger partial charge in [0.25, 0.3) is 0 Å². The highest BCUT2D eigenvalue weighted by Gasteiger charge is 2.53. The Labute approximate surface area is 173 Å². The van der Waals surface area contributed by atoms with Crippen molar-refractivity contribution in [3.8, 4) is 0 Å². The van der Waals surface area contributed by atoms with E-state index in [0.29, 0.717) is 6.61 Å². The topological polar surface area (TPSA) is 89.6 Å². The molecule has 162 valence electrons. The number of pyridine rings is 1. The molecule has 1 unspecified atom stereocenters. The zero-order valence-electron chi connectivity index (χ0n) is 18.6. The van der Waals surface area contributed by atoms with E-state index in [1.54, 1.807) is 7.05 Å². The van der Waals surface area contributed by atoms with Gasteiger partial charge >= 0.3 is 12.1 Å². The first kappa shape index (κ1) is 23.1. The third kappa shape index (κ3) is 6.70. The van der Waals surface area contributed by atoms with Crippen LogP contribution in [0.1, 0.15) is 76.7 Å². The summed E-state index contributed by atoms with van der Waals surface area (Å²) in [6.07, 6.45) is 5.40. The van der Waals surface area contributed by atoms with Gasteiger partial charge in [0.1, 0.15) is 11.1 Å². The minimum atomic E-state index is -0.586. The van der Waals surface area contributed by atoms with Gasteiger partial charge in [0.05, 0.1) is 6.61 Å². The minimum absolute atomic E-state index is 0.0238. The summed E-state index contributed by atoms with van der Waals surface area (Å²) in [6, 6.07) is 2.12. The average molecular weight is 406 g/mol. The van der Waals surface area contributed by atoms with Crippen LogP contribution >= 0.6 is 0 Å². The highest BCUT2D eigenvalue weighted by molar-refractivity contribution is 5.84. The zero-order chi connectivity index (χ0) is 21.7. The fraction of sp³-hybridized carbons (Fsp3) is 0.682. The van der Waals surface area contributed by atoms with Gasteiger partial charge in [-0.3, -0.25) is 15.1 Å². The highest BCUT2D eigenvalue weighted by Crippen LogP contribution is 2.40. The molecular weight excluding hydrogens is 370 g/mol. The van der Waals surface area contributed by atoms with Gasteiger partial charge in [-0.2, -0.15) is 0 Å². The lowest BCUT2D eigenvalue weighted by Gasteiger charge is -2.27. The molecule has 0 spiro atoms. The van der Waals surface area contributed by atoms with Crippen LogP contribution in [0.3, 0.4) is 0 Å².